The monoisotopic (exact) mass is 791 g/mol. The Morgan fingerprint density at radius 1 is 0.909 bits per heavy atom. The van der Waals surface area contributed by atoms with Crippen molar-refractivity contribution in [3.05, 3.63) is 91.9 Å². The number of likely N-dealkylation sites (tertiary alicyclic amines) is 1. The number of pyridine rings is 1. The summed E-state index contributed by atoms with van der Waals surface area (Å²) >= 11 is 0. The molecule has 1 aromatic heterocycles. The molecule has 0 saturated carbocycles. The van der Waals surface area contributed by atoms with E-state index >= 15 is 4.39 Å². The molecule has 0 radical (unpaired) electrons. The summed E-state index contributed by atoms with van der Waals surface area (Å²) in [5, 5.41) is 12.1. The van der Waals surface area contributed by atoms with Gasteiger partial charge in [0.05, 0.1) is 23.6 Å². The second-order valence-electron chi connectivity index (χ2n) is 14.2. The summed E-state index contributed by atoms with van der Waals surface area (Å²) in [6, 6.07) is 0.478. The van der Waals surface area contributed by atoms with Gasteiger partial charge in [-0.1, -0.05) is 25.7 Å². The van der Waals surface area contributed by atoms with Gasteiger partial charge in [-0.15, -0.1) is 0 Å². The van der Waals surface area contributed by atoms with Crippen LogP contribution in [0.3, 0.4) is 0 Å². The highest BCUT2D eigenvalue weighted by Gasteiger charge is 2.40. The molecule has 55 heavy (non-hydrogen) atoms. The molecule has 3 heterocycles. The number of fused-ring (bicyclic) bond motifs is 4. The average molecular weight is 792 g/mol. The van der Waals surface area contributed by atoms with Crippen LogP contribution in [0.5, 0.6) is 0 Å². The summed E-state index contributed by atoms with van der Waals surface area (Å²) in [5.74, 6) is -6.27. The number of aliphatic carboxylic acids is 1. The molecule has 17 heteroatoms. The number of carbonyl (C=O) groups is 2. The van der Waals surface area contributed by atoms with Gasteiger partial charge in [-0.25, -0.2) is 17.6 Å². The lowest BCUT2D eigenvalue weighted by Gasteiger charge is -2.38. The number of nitrogens with zero attached hydrogens (tertiary/aromatic N) is 2. The Morgan fingerprint density at radius 3 is 2.20 bits per heavy atom. The fourth-order valence-electron chi connectivity index (χ4n) is 7.46. The molecule has 5 rings (SSSR count). The fourth-order valence-corrected chi connectivity index (χ4v) is 7.46. The maximum absolute atomic E-state index is 16.0. The van der Waals surface area contributed by atoms with Crippen LogP contribution < -0.4 is 10.9 Å². The number of amides is 1. The van der Waals surface area contributed by atoms with E-state index in [9.17, 15) is 59.0 Å². The van der Waals surface area contributed by atoms with Crippen molar-refractivity contribution >= 4 is 11.9 Å². The number of carboxylic acids is 1. The van der Waals surface area contributed by atoms with E-state index in [0.29, 0.717) is 43.4 Å². The quantitative estimate of drug-likeness (QED) is 0.234. The summed E-state index contributed by atoms with van der Waals surface area (Å²) in [4.78, 5) is 41.0. The zero-order chi connectivity index (χ0) is 40.4. The zero-order valence-corrected chi connectivity index (χ0v) is 29.6. The van der Waals surface area contributed by atoms with E-state index in [1.54, 1.807) is 0 Å². The first-order chi connectivity index (χ1) is 25.7. The smallest absolute Gasteiger partial charge is 0.419 e. The molecule has 7 nitrogen and oxygen atoms in total. The second kappa shape index (κ2) is 16.8. The number of alkyl halides is 8. The first-order valence-electron chi connectivity index (χ1n) is 17.8. The van der Waals surface area contributed by atoms with Crippen molar-refractivity contribution in [3.8, 4) is 11.1 Å². The van der Waals surface area contributed by atoms with Crippen LogP contribution in [0, 0.1) is 24.5 Å². The van der Waals surface area contributed by atoms with Gasteiger partial charge in [-0.3, -0.25) is 14.4 Å². The highest BCUT2D eigenvalue weighted by molar-refractivity contribution is 5.82. The largest absolute Gasteiger partial charge is 0.481 e. The van der Waals surface area contributed by atoms with E-state index < -0.39 is 94.5 Å². The summed E-state index contributed by atoms with van der Waals surface area (Å²) in [5.41, 5.74) is -5.09. The van der Waals surface area contributed by atoms with Gasteiger partial charge in [0.2, 0.25) is 12.3 Å². The molecule has 2 aliphatic heterocycles. The lowest BCUT2D eigenvalue weighted by atomic mass is 9.87. The van der Waals surface area contributed by atoms with Crippen LogP contribution in [0.1, 0.15) is 90.4 Å². The molecular formula is C38H39F10N3O4. The number of aryl methyl sites for hydroxylation is 2. The number of benzene rings is 2. The molecule has 0 aliphatic carbocycles. The van der Waals surface area contributed by atoms with Crippen LogP contribution in [0.4, 0.5) is 43.9 Å². The van der Waals surface area contributed by atoms with Gasteiger partial charge in [-0.05, 0) is 84.7 Å². The van der Waals surface area contributed by atoms with Gasteiger partial charge in [-0.2, -0.15) is 26.3 Å². The first-order valence-corrected chi connectivity index (χ1v) is 17.8. The Morgan fingerprint density at radius 2 is 1.56 bits per heavy atom. The number of hydrogen-bond donors (Lipinski definition) is 2. The standard InChI is InChI=1S/C38H39F10N3O4/c1-20-11-25(39)12-21-7-5-3-2-4-6-8-30(51-19-22(27(15-31(51)52)37(43,44)45)9-10-50-17-24(18-50)35(41)42)36(55)49-29(16-32(53)54)26-13-23(33(20)21)14-28(34(26)40)38(46,47)48/h11-15,19,24,29-30,35H,2-10,16-18H2,1H3,(H,49,55)(H,53,54)/t29-,30-/m0/s1. The second-order valence-corrected chi connectivity index (χ2v) is 14.2. The third-order valence-electron chi connectivity index (χ3n) is 10.2. The maximum Gasteiger partial charge on any atom is 0.419 e. The molecule has 2 aliphatic rings. The number of rotatable bonds is 7. The number of carboxylic acid groups (broad SMARTS) is 1. The summed E-state index contributed by atoms with van der Waals surface area (Å²) < 4.78 is 143. The highest BCUT2D eigenvalue weighted by Crippen LogP contribution is 2.41. The minimum atomic E-state index is -5.30. The van der Waals surface area contributed by atoms with Crippen LogP contribution in [-0.4, -0.2) is 52.5 Å². The van der Waals surface area contributed by atoms with E-state index in [1.165, 1.54) is 17.9 Å². The SMILES string of the molecule is Cc1cc(F)cc2c1-c1cc(c(F)c(C(F)(F)F)c1)[C@H](CC(=O)O)NC(=O)[C@@H](n1cc(CCN3CC(C(F)F)C3)c(C(F)(F)F)cc1=O)CCCCCCC2. The minimum absolute atomic E-state index is 0.0511. The molecule has 2 atom stereocenters. The minimum Gasteiger partial charge on any atom is -0.481 e. The van der Waals surface area contributed by atoms with Crippen molar-refractivity contribution in [2.24, 2.45) is 5.92 Å². The maximum atomic E-state index is 16.0. The van der Waals surface area contributed by atoms with E-state index in [1.807, 2.05) is 0 Å². The van der Waals surface area contributed by atoms with Crippen molar-refractivity contribution in [2.45, 2.75) is 95.6 Å². The lowest BCUT2D eigenvalue weighted by molar-refractivity contribution is -0.140. The van der Waals surface area contributed by atoms with Crippen molar-refractivity contribution in [2.75, 3.05) is 19.6 Å². The molecule has 1 saturated heterocycles. The number of hydrogen-bond acceptors (Lipinski definition) is 4. The molecule has 3 aromatic rings. The molecule has 0 spiro atoms. The Labute approximate surface area is 309 Å². The highest BCUT2D eigenvalue weighted by atomic mass is 19.4. The van der Waals surface area contributed by atoms with Crippen LogP contribution in [-0.2, 0) is 34.8 Å². The van der Waals surface area contributed by atoms with Crippen LogP contribution in [0.25, 0.3) is 11.1 Å². The third kappa shape index (κ3) is 9.89. The summed E-state index contributed by atoms with van der Waals surface area (Å²) in [7, 11) is 0. The summed E-state index contributed by atoms with van der Waals surface area (Å²) in [6.07, 6.45) is -11.2. The molecule has 2 N–H and O–H groups in total. The first kappa shape index (κ1) is 41.7. The Bertz CT molecular complexity index is 1950. The fraction of sp³-hybridized carbons (Fsp3) is 0.500. The molecule has 2 bridgehead atoms. The molecule has 1 fully saturated rings. The topological polar surface area (TPSA) is 91.6 Å². The number of nitrogens with one attached hydrogen (secondary N) is 1. The average Bonchev–Trinajstić information content (AvgIpc) is 3.04. The zero-order valence-electron chi connectivity index (χ0n) is 29.6. The van der Waals surface area contributed by atoms with Crippen LogP contribution in [0.2, 0.25) is 0 Å². The Kier molecular flexibility index (Phi) is 12.7. The third-order valence-corrected chi connectivity index (χ3v) is 10.2. The van der Waals surface area contributed by atoms with Crippen molar-refractivity contribution in [1.82, 2.24) is 14.8 Å². The van der Waals surface area contributed by atoms with Gasteiger partial charge in [0.15, 0.2) is 0 Å². The van der Waals surface area contributed by atoms with Gasteiger partial charge in [0.1, 0.15) is 17.7 Å². The number of halogens is 10. The van der Waals surface area contributed by atoms with E-state index in [0.717, 1.165) is 22.9 Å². The predicted molar refractivity (Wildman–Crippen MR) is 180 cm³/mol. The van der Waals surface area contributed by atoms with E-state index in [-0.39, 0.29) is 62.0 Å². The van der Waals surface area contributed by atoms with Gasteiger partial charge < -0.3 is 19.9 Å². The van der Waals surface area contributed by atoms with Gasteiger partial charge >= 0.3 is 18.3 Å². The molecule has 0 unspecified atom stereocenters. The normalized spacial score (nSPS) is 19.5. The van der Waals surface area contributed by atoms with Crippen molar-refractivity contribution in [1.29, 1.82) is 0 Å². The van der Waals surface area contributed by atoms with Gasteiger partial charge in [0.25, 0.3) is 5.56 Å². The van der Waals surface area contributed by atoms with Crippen molar-refractivity contribution < 1.29 is 58.6 Å². The molecule has 1 amide bonds. The number of aromatic nitrogens is 1. The van der Waals surface area contributed by atoms with Gasteiger partial charge in [0, 0.05) is 43.4 Å². The summed E-state index contributed by atoms with van der Waals surface area (Å²) in [6.45, 7) is 1.28. The van der Waals surface area contributed by atoms with Crippen molar-refractivity contribution in [3.63, 3.8) is 0 Å². The predicted octanol–water partition coefficient (Wildman–Crippen LogP) is 8.65. The van der Waals surface area contributed by atoms with Crippen LogP contribution >= 0.6 is 0 Å². The van der Waals surface area contributed by atoms with Crippen LogP contribution in [0.15, 0.2) is 41.3 Å². The molecule has 2 aromatic carbocycles. The number of carbonyl (C=O) groups excluding carboxylic acids is 1. The molecule has 300 valence electrons. The Balaban J connectivity index is 1.62. The lowest BCUT2D eigenvalue weighted by Crippen LogP contribution is -2.50. The van der Waals surface area contributed by atoms with E-state index in [2.05, 4.69) is 5.32 Å². The Hall–Kier alpha value is -4.41. The molecular weight excluding hydrogens is 752 g/mol. The van der Waals surface area contributed by atoms with E-state index in [4.69, 9.17) is 0 Å².